The van der Waals surface area contributed by atoms with Crippen LogP contribution in [0.15, 0.2) is 48.5 Å². The molecule has 1 atom stereocenters. The second-order valence-electron chi connectivity index (χ2n) is 7.68. The number of likely N-dealkylation sites (tertiary alicyclic amines) is 1. The van der Waals surface area contributed by atoms with Crippen LogP contribution in [0.2, 0.25) is 0 Å². The van der Waals surface area contributed by atoms with E-state index in [1.54, 1.807) is 12.1 Å². The molecule has 1 aliphatic heterocycles. The minimum absolute atomic E-state index is 0.0261. The third-order valence-electron chi connectivity index (χ3n) is 5.81. The molecule has 5 heteroatoms. The number of amides is 1. The zero-order valence-electron chi connectivity index (χ0n) is 16.4. The molecule has 4 rings (SSSR count). The summed E-state index contributed by atoms with van der Waals surface area (Å²) in [6, 6.07) is 15.1. The molecule has 3 aromatic rings. The fraction of sp³-hybridized carbons (Fsp3) is 0.348. The quantitative estimate of drug-likeness (QED) is 0.730. The molecule has 1 aliphatic rings. The minimum Gasteiger partial charge on any atom is -0.351 e. The van der Waals surface area contributed by atoms with Crippen LogP contribution in [0, 0.1) is 12.7 Å². The van der Waals surface area contributed by atoms with Crippen molar-refractivity contribution in [2.45, 2.75) is 38.9 Å². The van der Waals surface area contributed by atoms with Crippen LogP contribution >= 0.6 is 0 Å². The number of nitrogens with one attached hydrogen (secondary N) is 1. The number of nitrogens with zero attached hydrogens (tertiary/aromatic N) is 2. The molecule has 0 spiro atoms. The van der Waals surface area contributed by atoms with Crippen LogP contribution in [-0.2, 0) is 24.9 Å². The summed E-state index contributed by atoms with van der Waals surface area (Å²) >= 11 is 0. The maximum Gasteiger partial charge on any atom is 0.237 e. The lowest BCUT2D eigenvalue weighted by Gasteiger charge is -2.24. The van der Waals surface area contributed by atoms with Crippen molar-refractivity contribution in [2.75, 3.05) is 6.54 Å². The standard InChI is InChI=1S/C23H26FN3O/c1-16-12-19-13-17(9-10-21(19)26(16)2)14-25-23(28)22-8-5-11-27(22)15-18-6-3-4-7-20(18)24/h3-4,6-7,9-10,12-13,22H,5,8,11,14-15H2,1-2H3,(H,25,28). The van der Waals surface area contributed by atoms with Crippen molar-refractivity contribution in [3.63, 3.8) is 0 Å². The Morgan fingerprint density at radius 2 is 2.04 bits per heavy atom. The Kier molecular flexibility index (Phi) is 5.18. The first kappa shape index (κ1) is 18.7. The zero-order valence-corrected chi connectivity index (χ0v) is 16.4. The molecule has 0 aliphatic carbocycles. The van der Waals surface area contributed by atoms with Gasteiger partial charge in [-0.1, -0.05) is 24.3 Å². The number of rotatable bonds is 5. The molecule has 0 bridgehead atoms. The molecule has 0 radical (unpaired) electrons. The first-order valence-corrected chi connectivity index (χ1v) is 9.83. The van der Waals surface area contributed by atoms with Gasteiger partial charge in [0.15, 0.2) is 0 Å². The van der Waals surface area contributed by atoms with Gasteiger partial charge in [-0.2, -0.15) is 0 Å². The predicted molar refractivity (Wildman–Crippen MR) is 109 cm³/mol. The van der Waals surface area contributed by atoms with E-state index in [4.69, 9.17) is 0 Å². The van der Waals surface area contributed by atoms with E-state index in [2.05, 4.69) is 53.0 Å². The van der Waals surface area contributed by atoms with Gasteiger partial charge in [-0.15, -0.1) is 0 Å². The van der Waals surface area contributed by atoms with Gasteiger partial charge in [0, 0.05) is 42.3 Å². The van der Waals surface area contributed by atoms with Gasteiger partial charge in [0.25, 0.3) is 0 Å². The van der Waals surface area contributed by atoms with E-state index >= 15 is 0 Å². The van der Waals surface area contributed by atoms with Crippen LogP contribution in [0.1, 0.15) is 29.7 Å². The average molecular weight is 379 g/mol. The van der Waals surface area contributed by atoms with Crippen molar-refractivity contribution < 1.29 is 9.18 Å². The number of hydrogen-bond donors (Lipinski definition) is 1. The molecule has 28 heavy (non-hydrogen) atoms. The van der Waals surface area contributed by atoms with E-state index in [0.717, 1.165) is 24.9 Å². The van der Waals surface area contributed by atoms with Crippen molar-refractivity contribution in [1.82, 2.24) is 14.8 Å². The van der Waals surface area contributed by atoms with Gasteiger partial charge >= 0.3 is 0 Å². The third kappa shape index (κ3) is 3.67. The molecule has 1 N–H and O–H groups in total. The molecular weight excluding hydrogens is 353 g/mol. The molecule has 1 unspecified atom stereocenters. The second-order valence-corrected chi connectivity index (χ2v) is 7.68. The van der Waals surface area contributed by atoms with Crippen LogP contribution in [0.3, 0.4) is 0 Å². The largest absolute Gasteiger partial charge is 0.351 e. The molecule has 1 fully saturated rings. The molecule has 1 aromatic heterocycles. The van der Waals surface area contributed by atoms with Gasteiger partial charge in [-0.3, -0.25) is 9.69 Å². The van der Waals surface area contributed by atoms with Crippen LogP contribution in [0.5, 0.6) is 0 Å². The fourth-order valence-electron chi connectivity index (χ4n) is 4.11. The summed E-state index contributed by atoms with van der Waals surface area (Å²) in [6.07, 6.45) is 1.78. The van der Waals surface area contributed by atoms with Crippen molar-refractivity contribution in [1.29, 1.82) is 0 Å². The maximum absolute atomic E-state index is 14.0. The summed E-state index contributed by atoms with van der Waals surface area (Å²) in [5.41, 5.74) is 4.14. The first-order chi connectivity index (χ1) is 13.5. The van der Waals surface area contributed by atoms with E-state index in [9.17, 15) is 9.18 Å². The predicted octanol–water partition coefficient (Wildman–Crippen LogP) is 3.91. The molecule has 0 saturated carbocycles. The van der Waals surface area contributed by atoms with Crippen LogP contribution in [0.25, 0.3) is 10.9 Å². The van der Waals surface area contributed by atoms with E-state index in [0.29, 0.717) is 18.7 Å². The normalized spacial score (nSPS) is 17.3. The highest BCUT2D eigenvalue weighted by Gasteiger charge is 2.30. The monoisotopic (exact) mass is 379 g/mol. The molecule has 1 amide bonds. The summed E-state index contributed by atoms with van der Waals surface area (Å²) in [4.78, 5) is 14.9. The van der Waals surface area contributed by atoms with Crippen LogP contribution in [0.4, 0.5) is 4.39 Å². The van der Waals surface area contributed by atoms with E-state index < -0.39 is 0 Å². The number of benzene rings is 2. The van der Waals surface area contributed by atoms with Crippen molar-refractivity contribution in [2.24, 2.45) is 7.05 Å². The number of fused-ring (bicyclic) bond motifs is 1. The van der Waals surface area contributed by atoms with Crippen molar-refractivity contribution in [3.05, 3.63) is 71.2 Å². The number of carbonyl (C=O) groups is 1. The van der Waals surface area contributed by atoms with Gasteiger partial charge in [-0.05, 0) is 56.1 Å². The number of aryl methyl sites for hydroxylation is 2. The lowest BCUT2D eigenvalue weighted by atomic mass is 10.1. The molecule has 146 valence electrons. The van der Waals surface area contributed by atoms with Gasteiger partial charge in [0.1, 0.15) is 5.82 Å². The summed E-state index contributed by atoms with van der Waals surface area (Å²) in [7, 11) is 2.06. The minimum atomic E-state index is -0.208. The van der Waals surface area contributed by atoms with Crippen molar-refractivity contribution in [3.8, 4) is 0 Å². The highest BCUT2D eigenvalue weighted by molar-refractivity contribution is 5.83. The SMILES string of the molecule is Cc1cc2cc(CNC(=O)C3CCCN3Cc3ccccc3F)ccc2n1C. The molecular formula is C23H26FN3O. The number of halogens is 1. The molecule has 1 saturated heterocycles. The Balaban J connectivity index is 1.41. The van der Waals surface area contributed by atoms with Crippen LogP contribution < -0.4 is 5.32 Å². The van der Waals surface area contributed by atoms with E-state index in [-0.39, 0.29) is 17.8 Å². The summed E-state index contributed by atoms with van der Waals surface area (Å²) < 4.78 is 16.1. The second kappa shape index (κ2) is 7.76. The molecule has 4 nitrogen and oxygen atoms in total. The summed E-state index contributed by atoms with van der Waals surface area (Å²) in [6.45, 7) is 3.89. The lowest BCUT2D eigenvalue weighted by molar-refractivity contribution is -0.125. The Bertz CT molecular complexity index is 1010. The van der Waals surface area contributed by atoms with Crippen molar-refractivity contribution >= 4 is 16.8 Å². The highest BCUT2D eigenvalue weighted by Crippen LogP contribution is 2.22. The summed E-state index contributed by atoms with van der Waals surface area (Å²) in [5, 5.41) is 4.26. The fourth-order valence-corrected chi connectivity index (χ4v) is 4.11. The summed E-state index contributed by atoms with van der Waals surface area (Å²) in [5.74, 6) is -0.182. The Morgan fingerprint density at radius 1 is 1.21 bits per heavy atom. The Morgan fingerprint density at radius 3 is 2.86 bits per heavy atom. The lowest BCUT2D eigenvalue weighted by Crippen LogP contribution is -2.42. The topological polar surface area (TPSA) is 37.3 Å². The van der Waals surface area contributed by atoms with Gasteiger partial charge in [-0.25, -0.2) is 4.39 Å². The smallest absolute Gasteiger partial charge is 0.237 e. The van der Waals surface area contributed by atoms with E-state index in [1.807, 2.05) is 6.07 Å². The molecule has 2 heterocycles. The number of aromatic nitrogens is 1. The number of carbonyl (C=O) groups excluding carboxylic acids is 1. The third-order valence-corrected chi connectivity index (χ3v) is 5.81. The maximum atomic E-state index is 14.0. The Hall–Kier alpha value is -2.66. The van der Waals surface area contributed by atoms with Gasteiger partial charge < -0.3 is 9.88 Å². The van der Waals surface area contributed by atoms with Gasteiger partial charge in [0.2, 0.25) is 5.91 Å². The Labute approximate surface area is 165 Å². The van der Waals surface area contributed by atoms with E-state index in [1.165, 1.54) is 22.7 Å². The van der Waals surface area contributed by atoms with Gasteiger partial charge in [0.05, 0.1) is 6.04 Å². The number of hydrogen-bond acceptors (Lipinski definition) is 2. The average Bonchev–Trinajstić information content (AvgIpc) is 3.26. The highest BCUT2D eigenvalue weighted by atomic mass is 19.1. The van der Waals surface area contributed by atoms with Crippen LogP contribution in [-0.4, -0.2) is 28.0 Å². The molecule has 2 aromatic carbocycles. The zero-order chi connectivity index (χ0) is 19.7. The first-order valence-electron chi connectivity index (χ1n) is 9.83.